The van der Waals surface area contributed by atoms with Crippen molar-refractivity contribution in [3.05, 3.63) is 47.3 Å². The van der Waals surface area contributed by atoms with Crippen molar-refractivity contribution in [3.8, 4) is 0 Å². The Morgan fingerprint density at radius 1 is 1.16 bits per heavy atom. The number of carbonyl (C=O) groups is 5. The van der Waals surface area contributed by atoms with E-state index in [0.29, 0.717) is 24.0 Å². The summed E-state index contributed by atoms with van der Waals surface area (Å²) < 4.78 is 31.3. The van der Waals surface area contributed by atoms with Crippen molar-refractivity contribution in [2.75, 3.05) is 26.8 Å². The van der Waals surface area contributed by atoms with Crippen LogP contribution in [0, 0.1) is 11.7 Å². The van der Waals surface area contributed by atoms with E-state index in [1.165, 1.54) is 23.0 Å². The van der Waals surface area contributed by atoms with E-state index in [4.69, 9.17) is 14.2 Å². The molecule has 6 atom stereocenters. The molecule has 0 aromatic heterocycles. The van der Waals surface area contributed by atoms with Gasteiger partial charge in [-0.1, -0.05) is 37.1 Å². The number of alkyl carbamates (subject to hydrolysis) is 1. The fourth-order valence-corrected chi connectivity index (χ4v) is 7.07. The predicted octanol–water partition coefficient (Wildman–Crippen LogP) is 3.85. The number of methoxy groups -OCH3 is 1. The first-order valence-corrected chi connectivity index (χ1v) is 17.0. The van der Waals surface area contributed by atoms with Crippen LogP contribution in [0.5, 0.6) is 0 Å². The van der Waals surface area contributed by atoms with Crippen LogP contribution in [0.2, 0.25) is 0 Å². The molecule has 4 amide bonds. The molecule has 1 aromatic carbocycles. The maximum atomic E-state index is 14.6. The van der Waals surface area contributed by atoms with Crippen LogP contribution in [0.4, 0.5) is 14.0 Å². The Morgan fingerprint density at radius 2 is 1.94 bits per heavy atom. The molecule has 13 nitrogen and oxygen atoms in total. The molecule has 3 heterocycles. The van der Waals surface area contributed by atoms with E-state index in [-0.39, 0.29) is 51.2 Å². The highest BCUT2D eigenvalue weighted by Crippen LogP contribution is 2.45. The van der Waals surface area contributed by atoms with Gasteiger partial charge in [-0.2, -0.15) is 0 Å². The van der Waals surface area contributed by atoms with E-state index in [2.05, 4.69) is 10.6 Å². The number of benzene rings is 1. The second-order valence-electron chi connectivity index (χ2n) is 14.3. The number of nitrogens with one attached hydrogen (secondary N) is 2. The van der Waals surface area contributed by atoms with Gasteiger partial charge in [-0.25, -0.2) is 18.8 Å². The quantitative estimate of drug-likeness (QED) is 0.391. The molecule has 1 saturated heterocycles. The van der Waals surface area contributed by atoms with Gasteiger partial charge in [0.05, 0.1) is 19.2 Å². The molecule has 1 aliphatic carbocycles. The highest BCUT2D eigenvalue weighted by molar-refractivity contribution is 5.96. The summed E-state index contributed by atoms with van der Waals surface area (Å²) in [6.45, 7) is 5.21. The zero-order valence-corrected chi connectivity index (χ0v) is 28.5. The number of carboxylic acids is 1. The number of hydrogen-bond acceptors (Lipinski definition) is 8. The summed E-state index contributed by atoms with van der Waals surface area (Å²) in [6.07, 6.45) is 4.85. The number of fused-ring (bicyclic) bond motifs is 3. The van der Waals surface area contributed by atoms with Gasteiger partial charge in [0.25, 0.3) is 0 Å². The van der Waals surface area contributed by atoms with Crippen molar-refractivity contribution in [1.29, 1.82) is 0 Å². The summed E-state index contributed by atoms with van der Waals surface area (Å²) >= 11 is 0. The first-order valence-electron chi connectivity index (χ1n) is 17.0. The first kappa shape index (κ1) is 36.1. The number of carboxylic acid groups (broad SMARTS) is 1. The fraction of sp³-hybridized carbons (Fsp3) is 0.629. The molecule has 0 radical (unpaired) electrons. The van der Waals surface area contributed by atoms with Crippen LogP contribution in [-0.2, 0) is 35.0 Å². The number of amides is 4. The van der Waals surface area contributed by atoms with E-state index in [1.54, 1.807) is 32.9 Å². The average molecular weight is 687 g/mol. The molecular formula is C35H47FN4O9. The van der Waals surface area contributed by atoms with Crippen molar-refractivity contribution >= 4 is 30.0 Å². The summed E-state index contributed by atoms with van der Waals surface area (Å²) in [4.78, 5) is 69.7. The van der Waals surface area contributed by atoms with E-state index < -0.39 is 71.3 Å². The SMILES string of the molecule is COCC1c2cccc(F)c2CCN1C(=O)O[C@@H]1CC2C(=O)N[C@]3(C(=O)O)C[C@@H]3/C=C\CCCCC[C@H](NC(=O)OC(C)(C)C)C(=O)N2C1. The molecule has 4 aliphatic rings. The maximum absolute atomic E-state index is 14.6. The van der Waals surface area contributed by atoms with E-state index in [0.717, 1.165) is 12.8 Å². The lowest BCUT2D eigenvalue weighted by Gasteiger charge is -2.36. The van der Waals surface area contributed by atoms with Crippen LogP contribution in [-0.4, -0.2) is 101 Å². The molecule has 268 valence electrons. The number of hydrogen-bond donors (Lipinski definition) is 3. The lowest BCUT2D eigenvalue weighted by atomic mass is 9.93. The molecule has 3 N–H and O–H groups in total. The van der Waals surface area contributed by atoms with Gasteiger partial charge in [0.1, 0.15) is 35.1 Å². The molecule has 2 unspecified atom stereocenters. The molecule has 0 bridgehead atoms. The van der Waals surface area contributed by atoms with Crippen LogP contribution < -0.4 is 10.6 Å². The zero-order valence-electron chi connectivity index (χ0n) is 28.5. The van der Waals surface area contributed by atoms with Gasteiger partial charge in [-0.3, -0.25) is 14.5 Å². The van der Waals surface area contributed by atoms with Crippen molar-refractivity contribution in [2.24, 2.45) is 5.92 Å². The minimum atomic E-state index is -1.50. The highest BCUT2D eigenvalue weighted by atomic mass is 19.1. The summed E-state index contributed by atoms with van der Waals surface area (Å²) in [7, 11) is 1.48. The number of aliphatic carboxylic acids is 1. The Bertz CT molecular complexity index is 1480. The number of rotatable bonds is 5. The van der Waals surface area contributed by atoms with Crippen LogP contribution in [0.25, 0.3) is 0 Å². The molecule has 2 fully saturated rings. The minimum absolute atomic E-state index is 0.0906. The van der Waals surface area contributed by atoms with Crippen molar-refractivity contribution in [3.63, 3.8) is 0 Å². The lowest BCUT2D eigenvalue weighted by molar-refractivity contribution is -0.145. The Morgan fingerprint density at radius 3 is 2.65 bits per heavy atom. The van der Waals surface area contributed by atoms with Crippen molar-refractivity contribution in [2.45, 2.75) is 108 Å². The number of carbonyl (C=O) groups excluding carboxylic acids is 4. The fourth-order valence-electron chi connectivity index (χ4n) is 7.07. The lowest BCUT2D eigenvalue weighted by Crippen LogP contribution is -2.56. The molecule has 3 aliphatic heterocycles. The van der Waals surface area contributed by atoms with E-state index >= 15 is 0 Å². The maximum Gasteiger partial charge on any atom is 0.410 e. The molecule has 14 heteroatoms. The summed E-state index contributed by atoms with van der Waals surface area (Å²) in [5, 5.41) is 15.5. The molecule has 1 aromatic rings. The van der Waals surface area contributed by atoms with Gasteiger partial charge in [0.2, 0.25) is 11.8 Å². The van der Waals surface area contributed by atoms with E-state index in [9.17, 15) is 33.5 Å². The zero-order chi connectivity index (χ0) is 35.5. The van der Waals surface area contributed by atoms with Crippen molar-refractivity contribution in [1.82, 2.24) is 20.4 Å². The summed E-state index contributed by atoms with van der Waals surface area (Å²) in [5.41, 5.74) is -1.20. The third kappa shape index (κ3) is 8.17. The van der Waals surface area contributed by atoms with Crippen LogP contribution in [0.3, 0.4) is 0 Å². The van der Waals surface area contributed by atoms with Gasteiger partial charge in [-0.05, 0) is 70.1 Å². The molecular weight excluding hydrogens is 639 g/mol. The summed E-state index contributed by atoms with van der Waals surface area (Å²) in [6, 6.07) is 1.86. The van der Waals surface area contributed by atoms with E-state index in [1.807, 2.05) is 12.2 Å². The average Bonchev–Trinajstić information content (AvgIpc) is 3.56. The Balaban J connectivity index is 1.40. The second kappa shape index (κ2) is 14.7. The van der Waals surface area contributed by atoms with Gasteiger partial charge >= 0.3 is 18.2 Å². The minimum Gasteiger partial charge on any atom is -0.479 e. The largest absolute Gasteiger partial charge is 0.479 e. The Labute approximate surface area is 285 Å². The monoisotopic (exact) mass is 686 g/mol. The third-order valence-electron chi connectivity index (χ3n) is 9.63. The molecule has 49 heavy (non-hydrogen) atoms. The van der Waals surface area contributed by atoms with Crippen LogP contribution in [0.1, 0.15) is 82.9 Å². The number of halogens is 1. The number of nitrogens with zero attached hydrogens (tertiary/aromatic N) is 2. The first-order chi connectivity index (χ1) is 23.2. The second-order valence-corrected chi connectivity index (χ2v) is 14.3. The normalized spacial score (nSPS) is 29.6. The number of ether oxygens (including phenoxy) is 3. The number of allylic oxidation sites excluding steroid dienone is 1. The van der Waals surface area contributed by atoms with Crippen LogP contribution >= 0.6 is 0 Å². The third-order valence-corrected chi connectivity index (χ3v) is 9.63. The highest BCUT2D eigenvalue weighted by Gasteiger charge is 2.61. The van der Waals surface area contributed by atoms with Gasteiger partial charge in [-0.15, -0.1) is 0 Å². The van der Waals surface area contributed by atoms with Crippen molar-refractivity contribution < 1.29 is 47.7 Å². The Hall–Kier alpha value is -4.20. The van der Waals surface area contributed by atoms with Gasteiger partial charge < -0.3 is 34.9 Å². The van der Waals surface area contributed by atoms with Gasteiger partial charge in [0, 0.05) is 26.0 Å². The Kier molecular flexibility index (Phi) is 10.9. The molecule has 1 saturated carbocycles. The summed E-state index contributed by atoms with van der Waals surface area (Å²) in [5.74, 6) is -3.18. The topological polar surface area (TPSA) is 164 Å². The predicted molar refractivity (Wildman–Crippen MR) is 174 cm³/mol. The smallest absolute Gasteiger partial charge is 0.410 e. The van der Waals surface area contributed by atoms with Gasteiger partial charge in [0.15, 0.2) is 0 Å². The molecule has 0 spiro atoms. The molecule has 5 rings (SSSR count). The standard InChI is InChI=1S/C35H47FN4O9/c1-34(2,3)49-32(45)37-26-14-9-7-5-6-8-11-21-18-35(21,31(43)44)38-29(41)27-17-22(19-40(27)30(26)42)48-33(46)39-16-15-23-24(28(39)20-47-4)12-10-13-25(23)36/h8,10-13,21-22,26-28H,5-7,9,14-20H2,1-4H3,(H,37,45)(H,38,41)(H,43,44)/b11-8-/t21-,22+,26-,27?,28?,35+/m0/s1. The van der Waals surface area contributed by atoms with Crippen LogP contribution in [0.15, 0.2) is 30.4 Å².